The number of rotatable bonds is 1. The van der Waals surface area contributed by atoms with E-state index in [4.69, 9.17) is 16.4 Å². The van der Waals surface area contributed by atoms with Gasteiger partial charge in [-0.3, -0.25) is 4.79 Å². The summed E-state index contributed by atoms with van der Waals surface area (Å²) in [7, 11) is 0. The predicted octanol–water partition coefficient (Wildman–Crippen LogP) is 4.49. The number of carbonyl (C=O) groups is 1. The molecule has 1 aromatic carbocycles. The summed E-state index contributed by atoms with van der Waals surface area (Å²) in [5, 5.41) is 0.875. The highest BCUT2D eigenvalue weighted by molar-refractivity contribution is 6.93. The minimum Gasteiger partial charge on any atom is -0.262 e. The molecule has 0 heterocycles. The fourth-order valence-corrected chi connectivity index (χ4v) is 1.05. The third kappa shape index (κ3) is 6.88. The number of aryl methyl sites for hydroxylation is 1. The maximum Gasteiger partial charge on any atom is 0.313 e. The molecule has 4 heteroatoms. The van der Waals surface area contributed by atoms with Crippen LogP contribution in [0.4, 0.5) is 4.79 Å². The zero-order valence-corrected chi connectivity index (χ0v) is 9.33. The van der Waals surface area contributed by atoms with E-state index in [2.05, 4.69) is 30.1 Å². The quantitative estimate of drug-likeness (QED) is 0.660. The van der Waals surface area contributed by atoms with Gasteiger partial charge in [-0.05, 0) is 41.3 Å². The lowest BCUT2D eigenvalue weighted by atomic mass is 10.2. The summed E-state index contributed by atoms with van der Waals surface area (Å²) in [5.74, 6) is 0. The highest BCUT2D eigenvalue weighted by Gasteiger charge is 1.91. The Morgan fingerprint density at radius 1 is 1.31 bits per heavy atom. The van der Waals surface area contributed by atoms with Crippen LogP contribution in [0.5, 0.6) is 0 Å². The molecule has 1 nitrogen and oxygen atoms in total. The van der Waals surface area contributed by atoms with Crippen molar-refractivity contribution in [3.05, 3.63) is 34.9 Å². The van der Waals surface area contributed by atoms with Gasteiger partial charge in [0.25, 0.3) is 0 Å². The molecule has 0 radical (unpaired) electrons. The highest BCUT2D eigenvalue weighted by Crippen LogP contribution is 2.14. The molecule has 0 atom stereocenters. The number of carbonyl (C=O) groups excluding carboxylic acids is 1. The number of benzene rings is 1. The van der Waals surface area contributed by atoms with Crippen LogP contribution in [0.15, 0.2) is 24.3 Å². The summed E-state index contributed by atoms with van der Waals surface area (Å²) in [6.45, 7) is 2.10. The van der Waals surface area contributed by atoms with E-state index in [0.717, 1.165) is 11.4 Å². The highest BCUT2D eigenvalue weighted by atomic mass is 35.5. The van der Waals surface area contributed by atoms with Crippen LogP contribution < -0.4 is 0 Å². The molecule has 0 unspecified atom stereocenters. The third-order valence-corrected chi connectivity index (χ3v) is 1.71. The molecule has 0 saturated carbocycles. The topological polar surface area (TPSA) is 17.1 Å². The van der Waals surface area contributed by atoms with Gasteiger partial charge in [-0.2, -0.15) is 0 Å². The lowest BCUT2D eigenvalue weighted by Gasteiger charge is -1.96. The molecule has 1 aromatic rings. The van der Waals surface area contributed by atoms with Crippen LogP contribution in [-0.4, -0.2) is 4.70 Å². The Kier molecular flexibility index (Phi) is 7.06. The van der Waals surface area contributed by atoms with Gasteiger partial charge in [0, 0.05) is 5.02 Å². The Bertz CT molecular complexity index is 269. The van der Waals surface area contributed by atoms with Crippen LogP contribution >= 0.6 is 34.8 Å². The lowest BCUT2D eigenvalue weighted by Crippen LogP contribution is -1.78. The Labute approximate surface area is 92.6 Å². The van der Waals surface area contributed by atoms with E-state index in [9.17, 15) is 0 Å². The number of hydrogen-bond acceptors (Lipinski definition) is 1. The summed E-state index contributed by atoms with van der Waals surface area (Å²) in [6, 6.07) is 7.91. The van der Waals surface area contributed by atoms with Crippen molar-refractivity contribution < 1.29 is 4.79 Å². The molecule has 0 amide bonds. The standard InChI is InChI=1S/C8H9Cl.CCl2O/c1-2-7-5-3-4-6-8(7)9;2-1(3)4/h3-6H,2H2,1H3;. The zero-order chi connectivity index (χ0) is 10.3. The van der Waals surface area contributed by atoms with E-state index in [1.165, 1.54) is 5.56 Å². The Morgan fingerprint density at radius 3 is 2.08 bits per heavy atom. The SMILES string of the molecule is CCc1ccccc1Cl.O=C(Cl)Cl. The summed E-state index contributed by atoms with van der Waals surface area (Å²) in [5.41, 5.74) is 1.22. The second-order valence-electron chi connectivity index (χ2n) is 2.17. The van der Waals surface area contributed by atoms with Gasteiger partial charge in [-0.15, -0.1) is 0 Å². The van der Waals surface area contributed by atoms with Gasteiger partial charge in [0.05, 0.1) is 0 Å². The van der Waals surface area contributed by atoms with Crippen LogP contribution in [0, 0.1) is 0 Å². The van der Waals surface area contributed by atoms with Crippen molar-refractivity contribution in [1.29, 1.82) is 0 Å². The molecule has 0 fully saturated rings. The van der Waals surface area contributed by atoms with Crippen molar-refractivity contribution in [2.24, 2.45) is 0 Å². The first kappa shape index (κ1) is 12.8. The maximum atomic E-state index is 8.98. The van der Waals surface area contributed by atoms with Gasteiger partial charge in [0.1, 0.15) is 0 Å². The molecule has 13 heavy (non-hydrogen) atoms. The van der Waals surface area contributed by atoms with E-state index in [-0.39, 0.29) is 0 Å². The molecule has 0 aromatic heterocycles. The smallest absolute Gasteiger partial charge is 0.262 e. The summed E-state index contributed by atoms with van der Waals surface area (Å²) < 4.78 is -0.889. The Hall–Kier alpha value is -0.240. The van der Waals surface area contributed by atoms with Gasteiger partial charge in [-0.25, -0.2) is 0 Å². The number of hydrogen-bond donors (Lipinski definition) is 0. The van der Waals surface area contributed by atoms with Gasteiger partial charge in [-0.1, -0.05) is 36.7 Å². The lowest BCUT2D eigenvalue weighted by molar-refractivity contribution is 0.275. The second-order valence-corrected chi connectivity index (χ2v) is 3.46. The van der Waals surface area contributed by atoms with Crippen molar-refractivity contribution >= 4 is 39.5 Å². The first-order chi connectivity index (χ1) is 6.07. The van der Waals surface area contributed by atoms with Crippen LogP contribution in [0.3, 0.4) is 0 Å². The van der Waals surface area contributed by atoms with Crippen molar-refractivity contribution in [1.82, 2.24) is 0 Å². The van der Waals surface area contributed by atoms with Crippen molar-refractivity contribution in [2.45, 2.75) is 13.3 Å². The Balaban J connectivity index is 0.000000310. The molecule has 0 spiro atoms. The monoisotopic (exact) mass is 238 g/mol. The second kappa shape index (κ2) is 7.19. The van der Waals surface area contributed by atoms with E-state index >= 15 is 0 Å². The molecule has 0 aliphatic rings. The van der Waals surface area contributed by atoms with E-state index in [0.29, 0.717) is 0 Å². The van der Waals surface area contributed by atoms with Crippen LogP contribution in [0.25, 0.3) is 0 Å². The minimum absolute atomic E-state index is 0.875. The molecule has 0 saturated heterocycles. The average molecular weight is 240 g/mol. The Morgan fingerprint density at radius 2 is 1.77 bits per heavy atom. The first-order valence-electron chi connectivity index (χ1n) is 3.66. The fraction of sp³-hybridized carbons (Fsp3) is 0.222. The predicted molar refractivity (Wildman–Crippen MR) is 57.9 cm³/mol. The molecule has 0 bridgehead atoms. The summed E-state index contributed by atoms with van der Waals surface area (Å²) in [4.78, 5) is 8.98. The first-order valence-corrected chi connectivity index (χ1v) is 4.79. The van der Waals surface area contributed by atoms with E-state index in [1.807, 2.05) is 24.3 Å². The minimum atomic E-state index is -0.889. The van der Waals surface area contributed by atoms with Crippen molar-refractivity contribution in [3.8, 4) is 0 Å². The van der Waals surface area contributed by atoms with E-state index in [1.54, 1.807) is 0 Å². The molecular formula is C9H9Cl3O. The molecule has 0 aliphatic heterocycles. The largest absolute Gasteiger partial charge is 0.313 e. The average Bonchev–Trinajstić information content (AvgIpc) is 2.04. The molecule has 1 rings (SSSR count). The van der Waals surface area contributed by atoms with Crippen LogP contribution in [0.2, 0.25) is 5.02 Å². The normalized spacial score (nSPS) is 8.62. The van der Waals surface area contributed by atoms with Crippen molar-refractivity contribution in [2.75, 3.05) is 0 Å². The fourth-order valence-electron chi connectivity index (χ4n) is 0.785. The van der Waals surface area contributed by atoms with Gasteiger partial charge < -0.3 is 0 Å². The summed E-state index contributed by atoms with van der Waals surface area (Å²) in [6.07, 6.45) is 1.01. The van der Waals surface area contributed by atoms with Gasteiger partial charge in [0.15, 0.2) is 0 Å². The van der Waals surface area contributed by atoms with Crippen LogP contribution in [0.1, 0.15) is 12.5 Å². The molecular weight excluding hydrogens is 230 g/mol. The maximum absolute atomic E-state index is 8.98. The molecule has 0 N–H and O–H groups in total. The van der Waals surface area contributed by atoms with Gasteiger partial charge in [0.2, 0.25) is 0 Å². The number of halogens is 3. The summed E-state index contributed by atoms with van der Waals surface area (Å²) >= 11 is 14.6. The zero-order valence-electron chi connectivity index (χ0n) is 7.06. The molecule has 0 aliphatic carbocycles. The molecule has 72 valence electrons. The van der Waals surface area contributed by atoms with E-state index < -0.39 is 4.70 Å². The van der Waals surface area contributed by atoms with Crippen molar-refractivity contribution in [3.63, 3.8) is 0 Å². The third-order valence-electron chi connectivity index (χ3n) is 1.34. The van der Waals surface area contributed by atoms with Gasteiger partial charge >= 0.3 is 4.70 Å². The van der Waals surface area contributed by atoms with Crippen LogP contribution in [-0.2, 0) is 6.42 Å².